The van der Waals surface area contributed by atoms with Crippen molar-refractivity contribution in [2.45, 2.75) is 26.3 Å². The Balaban J connectivity index is 1.62. The predicted octanol–water partition coefficient (Wildman–Crippen LogP) is 5.61. The molecule has 8 heteroatoms. The van der Waals surface area contributed by atoms with E-state index in [1.807, 2.05) is 32.0 Å². The van der Waals surface area contributed by atoms with Crippen molar-refractivity contribution in [1.29, 1.82) is 0 Å². The zero-order valence-electron chi connectivity index (χ0n) is 18.6. The fraction of sp³-hybridized carbons (Fsp3) is 0.192. The Morgan fingerprint density at radius 1 is 1.18 bits per heavy atom. The molecule has 1 aliphatic rings. The maximum atomic E-state index is 13.2. The van der Waals surface area contributed by atoms with Crippen molar-refractivity contribution in [3.8, 4) is 5.75 Å². The van der Waals surface area contributed by atoms with Crippen LogP contribution >= 0.6 is 11.3 Å². The summed E-state index contributed by atoms with van der Waals surface area (Å²) in [5.41, 5.74) is 2.16. The summed E-state index contributed by atoms with van der Waals surface area (Å²) in [7, 11) is 0. The van der Waals surface area contributed by atoms with Crippen LogP contribution in [-0.2, 0) is 9.59 Å². The van der Waals surface area contributed by atoms with Gasteiger partial charge in [0.2, 0.25) is 0 Å². The van der Waals surface area contributed by atoms with Crippen molar-refractivity contribution in [3.63, 3.8) is 0 Å². The van der Waals surface area contributed by atoms with Gasteiger partial charge in [-0.25, -0.2) is 4.98 Å². The maximum absolute atomic E-state index is 13.2. The number of thiazole rings is 1. The van der Waals surface area contributed by atoms with E-state index in [4.69, 9.17) is 9.15 Å². The molecule has 1 unspecified atom stereocenters. The molecule has 0 spiro atoms. The highest BCUT2D eigenvalue weighted by Gasteiger charge is 2.49. The second-order valence-corrected chi connectivity index (χ2v) is 9.03. The second kappa shape index (κ2) is 8.79. The smallest absolute Gasteiger partial charge is 0.302 e. The molecule has 1 saturated heterocycles. The lowest BCUT2D eigenvalue weighted by Crippen LogP contribution is -2.29. The number of aromatic nitrogens is 1. The number of carbonyl (C=O) groups is 2. The zero-order valence-corrected chi connectivity index (χ0v) is 19.5. The SMILES string of the molecule is CCCOc1ccc(/C(O)=C2\C(=O)C(=O)N(c3nc4ccc(C)cc4s3)C2c2ccco2)cc1. The van der Waals surface area contributed by atoms with Crippen molar-refractivity contribution in [2.75, 3.05) is 11.5 Å². The zero-order chi connectivity index (χ0) is 23.8. The third kappa shape index (κ3) is 3.76. The average molecular weight is 475 g/mol. The molecule has 1 fully saturated rings. The van der Waals surface area contributed by atoms with Gasteiger partial charge < -0.3 is 14.3 Å². The molecule has 2 aromatic carbocycles. The average Bonchev–Trinajstić information content (AvgIpc) is 3.56. The van der Waals surface area contributed by atoms with Gasteiger partial charge in [-0.05, 0) is 67.4 Å². The Labute approximate surface area is 199 Å². The molecule has 0 aliphatic carbocycles. The van der Waals surface area contributed by atoms with Gasteiger partial charge in [0.25, 0.3) is 5.78 Å². The number of aliphatic hydroxyl groups excluding tert-OH is 1. The summed E-state index contributed by atoms with van der Waals surface area (Å²) in [6, 6.07) is 15.0. The molecule has 3 heterocycles. The number of furan rings is 1. The van der Waals surface area contributed by atoms with E-state index < -0.39 is 17.7 Å². The number of rotatable bonds is 6. The van der Waals surface area contributed by atoms with Gasteiger partial charge in [0.05, 0.1) is 28.7 Å². The summed E-state index contributed by atoms with van der Waals surface area (Å²) in [6.07, 6.45) is 2.34. The van der Waals surface area contributed by atoms with Crippen molar-refractivity contribution in [3.05, 3.63) is 83.3 Å². The molecule has 0 saturated carbocycles. The number of Topliss-reactive ketones (excluding diaryl/α,β-unsaturated/α-hetero) is 1. The lowest BCUT2D eigenvalue weighted by Gasteiger charge is -2.20. The molecule has 7 nitrogen and oxygen atoms in total. The lowest BCUT2D eigenvalue weighted by molar-refractivity contribution is -0.132. The van der Waals surface area contributed by atoms with Crippen LogP contribution in [-0.4, -0.2) is 28.4 Å². The van der Waals surface area contributed by atoms with E-state index in [0.29, 0.717) is 28.8 Å². The monoisotopic (exact) mass is 474 g/mol. The Morgan fingerprint density at radius 3 is 2.68 bits per heavy atom. The predicted molar refractivity (Wildman–Crippen MR) is 130 cm³/mol. The summed E-state index contributed by atoms with van der Waals surface area (Å²) < 4.78 is 12.1. The van der Waals surface area contributed by atoms with Gasteiger partial charge in [-0.15, -0.1) is 0 Å². The maximum Gasteiger partial charge on any atom is 0.302 e. The highest BCUT2D eigenvalue weighted by atomic mass is 32.1. The minimum Gasteiger partial charge on any atom is -0.507 e. The molecule has 1 atom stereocenters. The largest absolute Gasteiger partial charge is 0.507 e. The standard InChI is InChI=1S/C26H22N2O5S/c1-3-12-32-17-9-7-16(8-10-17)23(29)21-22(19-5-4-13-33-19)28(25(31)24(21)30)26-27-18-11-6-15(2)14-20(18)34-26/h4-11,13-14,22,29H,3,12H2,1-2H3/b23-21+. The van der Waals surface area contributed by atoms with Crippen LogP contribution in [0.3, 0.4) is 0 Å². The van der Waals surface area contributed by atoms with Crippen LogP contribution in [0.4, 0.5) is 5.13 Å². The van der Waals surface area contributed by atoms with Gasteiger partial charge in [-0.2, -0.15) is 0 Å². The number of aryl methyl sites for hydroxylation is 1. The molecule has 0 radical (unpaired) electrons. The molecular weight excluding hydrogens is 452 g/mol. The number of fused-ring (bicyclic) bond motifs is 1. The van der Waals surface area contributed by atoms with Gasteiger partial charge in [0.1, 0.15) is 23.3 Å². The van der Waals surface area contributed by atoms with E-state index in [1.54, 1.807) is 36.4 Å². The minimum absolute atomic E-state index is 0.0439. The molecule has 2 aromatic heterocycles. The van der Waals surface area contributed by atoms with Gasteiger partial charge in [0, 0.05) is 5.56 Å². The Kier molecular flexibility index (Phi) is 5.67. The Morgan fingerprint density at radius 2 is 1.97 bits per heavy atom. The topological polar surface area (TPSA) is 92.9 Å². The number of ether oxygens (including phenoxy) is 1. The number of hydrogen-bond donors (Lipinski definition) is 1. The van der Waals surface area contributed by atoms with Crippen LogP contribution in [0.1, 0.15) is 36.3 Å². The second-order valence-electron chi connectivity index (χ2n) is 8.02. The van der Waals surface area contributed by atoms with Crippen LogP contribution in [0.25, 0.3) is 16.0 Å². The van der Waals surface area contributed by atoms with E-state index >= 15 is 0 Å². The van der Waals surface area contributed by atoms with Crippen molar-refractivity contribution in [2.24, 2.45) is 0 Å². The van der Waals surface area contributed by atoms with Crippen molar-refractivity contribution in [1.82, 2.24) is 4.98 Å². The third-order valence-corrected chi connectivity index (χ3v) is 6.61. The number of anilines is 1. The molecule has 1 aliphatic heterocycles. The number of hydrogen-bond acceptors (Lipinski definition) is 7. The van der Waals surface area contributed by atoms with Crippen LogP contribution in [0.5, 0.6) is 5.75 Å². The first kappa shape index (κ1) is 21.9. The lowest BCUT2D eigenvalue weighted by atomic mass is 9.99. The molecule has 1 amide bonds. The number of aliphatic hydroxyl groups is 1. The number of benzene rings is 2. The van der Waals surface area contributed by atoms with Crippen molar-refractivity contribution >= 4 is 44.1 Å². The van der Waals surface area contributed by atoms with E-state index in [0.717, 1.165) is 22.2 Å². The van der Waals surface area contributed by atoms with Crippen LogP contribution < -0.4 is 9.64 Å². The third-order valence-electron chi connectivity index (χ3n) is 5.60. The molecule has 0 bridgehead atoms. The number of nitrogens with zero attached hydrogens (tertiary/aromatic N) is 2. The van der Waals surface area contributed by atoms with Gasteiger partial charge in [0.15, 0.2) is 5.13 Å². The summed E-state index contributed by atoms with van der Waals surface area (Å²) in [5.74, 6) is -0.811. The molecule has 5 rings (SSSR count). The first-order valence-corrected chi connectivity index (χ1v) is 11.7. The van der Waals surface area contributed by atoms with E-state index in [9.17, 15) is 14.7 Å². The number of amides is 1. The van der Waals surface area contributed by atoms with Gasteiger partial charge in [-0.3, -0.25) is 14.5 Å². The molecule has 4 aromatic rings. The summed E-state index contributed by atoms with van der Waals surface area (Å²) in [5, 5.41) is 11.5. The van der Waals surface area contributed by atoms with Crippen LogP contribution in [0.15, 0.2) is 70.9 Å². The van der Waals surface area contributed by atoms with Crippen LogP contribution in [0.2, 0.25) is 0 Å². The molecule has 1 N–H and O–H groups in total. The summed E-state index contributed by atoms with van der Waals surface area (Å²) >= 11 is 1.31. The summed E-state index contributed by atoms with van der Waals surface area (Å²) in [4.78, 5) is 32.3. The van der Waals surface area contributed by atoms with E-state index in [1.165, 1.54) is 22.5 Å². The highest BCUT2D eigenvalue weighted by Crippen LogP contribution is 2.44. The number of carbonyl (C=O) groups excluding carboxylic acids is 2. The number of ketones is 1. The Hall–Kier alpha value is -3.91. The fourth-order valence-electron chi connectivity index (χ4n) is 3.95. The van der Waals surface area contributed by atoms with Crippen molar-refractivity contribution < 1.29 is 23.8 Å². The van der Waals surface area contributed by atoms with Gasteiger partial charge in [-0.1, -0.05) is 24.3 Å². The minimum atomic E-state index is -0.937. The quantitative estimate of drug-likeness (QED) is 0.222. The van der Waals surface area contributed by atoms with E-state index in [2.05, 4.69) is 4.98 Å². The molecule has 172 valence electrons. The first-order chi connectivity index (χ1) is 16.5. The molecule has 34 heavy (non-hydrogen) atoms. The highest BCUT2D eigenvalue weighted by molar-refractivity contribution is 7.22. The van der Waals surface area contributed by atoms with Gasteiger partial charge >= 0.3 is 5.91 Å². The normalized spacial score (nSPS) is 17.6. The van der Waals surface area contributed by atoms with Crippen LogP contribution in [0, 0.1) is 6.92 Å². The Bertz CT molecular complexity index is 1400. The summed E-state index contributed by atoms with van der Waals surface area (Å²) in [6.45, 7) is 4.57. The fourth-order valence-corrected chi connectivity index (χ4v) is 5.04. The first-order valence-electron chi connectivity index (χ1n) is 10.9. The van der Waals surface area contributed by atoms with E-state index in [-0.39, 0.29) is 11.3 Å². The molecular formula is C26H22N2O5S.